The molecule has 0 aliphatic carbocycles. The molecule has 0 aromatic carbocycles. The van der Waals surface area contributed by atoms with Gasteiger partial charge in [0.1, 0.15) is 0 Å². The van der Waals surface area contributed by atoms with Gasteiger partial charge in [0.25, 0.3) is 0 Å². The monoisotopic (exact) mass is 176 g/mol. The molecule has 0 atom stereocenters. The fraction of sp³-hybridized carbons (Fsp3) is 0.400. The fourth-order valence-corrected chi connectivity index (χ4v) is 1.65. The number of likely N-dealkylation sites (N-methyl/N-ethyl adjacent to an activating group) is 1. The lowest BCUT2D eigenvalue weighted by atomic mass is 10.0. The number of aldehydes is 1. The van der Waals surface area contributed by atoms with Crippen LogP contribution in [0.3, 0.4) is 0 Å². The first-order chi connectivity index (χ1) is 6.29. The minimum Gasteiger partial charge on any atom is -0.302 e. The van der Waals surface area contributed by atoms with Crippen molar-refractivity contribution in [3.63, 3.8) is 0 Å². The van der Waals surface area contributed by atoms with Crippen LogP contribution in [0.25, 0.3) is 0 Å². The van der Waals surface area contributed by atoms with Crippen molar-refractivity contribution >= 4 is 6.29 Å². The van der Waals surface area contributed by atoms with E-state index in [1.807, 2.05) is 6.07 Å². The van der Waals surface area contributed by atoms with Gasteiger partial charge in [0, 0.05) is 37.0 Å². The summed E-state index contributed by atoms with van der Waals surface area (Å²) in [5, 5.41) is 0. The third-order valence-electron chi connectivity index (χ3n) is 2.39. The molecule has 68 valence electrons. The van der Waals surface area contributed by atoms with Crippen LogP contribution >= 0.6 is 0 Å². The number of hydrogen-bond acceptors (Lipinski definition) is 3. The second kappa shape index (κ2) is 3.26. The van der Waals surface area contributed by atoms with Gasteiger partial charge in [-0.25, -0.2) is 0 Å². The predicted molar refractivity (Wildman–Crippen MR) is 49.7 cm³/mol. The number of fused-ring (bicyclic) bond motifs is 1. The van der Waals surface area contributed by atoms with Crippen molar-refractivity contribution in [1.29, 1.82) is 0 Å². The van der Waals surface area contributed by atoms with Crippen LogP contribution in [-0.4, -0.2) is 29.8 Å². The Balaban J connectivity index is 2.38. The Morgan fingerprint density at radius 1 is 1.62 bits per heavy atom. The van der Waals surface area contributed by atoms with Crippen molar-refractivity contribution in [3.05, 3.63) is 29.1 Å². The van der Waals surface area contributed by atoms with E-state index in [9.17, 15) is 4.79 Å². The van der Waals surface area contributed by atoms with E-state index in [0.717, 1.165) is 31.5 Å². The van der Waals surface area contributed by atoms with Gasteiger partial charge in [0.05, 0.1) is 0 Å². The number of carbonyl (C=O) groups is 1. The van der Waals surface area contributed by atoms with Crippen molar-refractivity contribution in [2.24, 2.45) is 0 Å². The van der Waals surface area contributed by atoms with Crippen molar-refractivity contribution in [3.8, 4) is 0 Å². The van der Waals surface area contributed by atoms with Crippen molar-refractivity contribution in [1.82, 2.24) is 9.88 Å². The Bertz CT molecular complexity index is 336. The summed E-state index contributed by atoms with van der Waals surface area (Å²) in [6, 6.07) is 1.94. The van der Waals surface area contributed by atoms with E-state index in [-0.39, 0.29) is 0 Å². The Morgan fingerprint density at radius 2 is 2.46 bits per heavy atom. The van der Waals surface area contributed by atoms with Crippen LogP contribution in [0.4, 0.5) is 0 Å². The number of hydrogen-bond donors (Lipinski definition) is 0. The number of nitrogens with zero attached hydrogens (tertiary/aromatic N) is 2. The third-order valence-corrected chi connectivity index (χ3v) is 2.39. The molecule has 2 heterocycles. The summed E-state index contributed by atoms with van der Waals surface area (Å²) in [7, 11) is 2.08. The van der Waals surface area contributed by atoms with Crippen LogP contribution in [0.15, 0.2) is 12.3 Å². The summed E-state index contributed by atoms with van der Waals surface area (Å²) in [5.41, 5.74) is 3.01. The molecular weight excluding hydrogens is 164 g/mol. The Hall–Kier alpha value is -1.22. The van der Waals surface area contributed by atoms with E-state index in [4.69, 9.17) is 0 Å². The highest BCUT2D eigenvalue weighted by Gasteiger charge is 2.13. The van der Waals surface area contributed by atoms with Gasteiger partial charge >= 0.3 is 0 Å². The second-order valence-corrected chi connectivity index (χ2v) is 3.48. The van der Waals surface area contributed by atoms with Crippen LogP contribution < -0.4 is 0 Å². The molecule has 3 heteroatoms. The van der Waals surface area contributed by atoms with E-state index < -0.39 is 0 Å². The molecular formula is C10H12N2O. The molecule has 0 radical (unpaired) electrons. The van der Waals surface area contributed by atoms with E-state index in [1.54, 1.807) is 6.20 Å². The van der Waals surface area contributed by atoms with E-state index in [0.29, 0.717) is 5.56 Å². The first kappa shape index (κ1) is 8.38. The Morgan fingerprint density at radius 3 is 3.23 bits per heavy atom. The molecule has 2 rings (SSSR count). The average Bonchev–Trinajstić information content (AvgIpc) is 2.16. The fourth-order valence-electron chi connectivity index (χ4n) is 1.65. The van der Waals surface area contributed by atoms with Gasteiger partial charge < -0.3 is 4.90 Å². The maximum absolute atomic E-state index is 10.5. The topological polar surface area (TPSA) is 33.2 Å². The number of pyridine rings is 1. The molecule has 3 nitrogen and oxygen atoms in total. The third kappa shape index (κ3) is 1.60. The maximum Gasteiger partial charge on any atom is 0.151 e. The van der Waals surface area contributed by atoms with Gasteiger partial charge in [-0.3, -0.25) is 9.78 Å². The highest BCUT2D eigenvalue weighted by atomic mass is 16.1. The first-order valence-electron chi connectivity index (χ1n) is 4.41. The zero-order valence-corrected chi connectivity index (χ0v) is 7.66. The highest BCUT2D eigenvalue weighted by Crippen LogP contribution is 2.15. The number of carbonyl (C=O) groups excluding carboxylic acids is 1. The largest absolute Gasteiger partial charge is 0.302 e. The normalized spacial score (nSPS) is 16.7. The second-order valence-electron chi connectivity index (χ2n) is 3.48. The lowest BCUT2D eigenvalue weighted by Gasteiger charge is -2.23. The molecule has 1 aromatic rings. The van der Waals surface area contributed by atoms with Gasteiger partial charge in [-0.05, 0) is 18.7 Å². The van der Waals surface area contributed by atoms with E-state index in [2.05, 4.69) is 16.9 Å². The Kier molecular flexibility index (Phi) is 2.10. The number of aromatic nitrogens is 1. The minimum atomic E-state index is 0.675. The molecule has 0 bridgehead atoms. The SMILES string of the molecule is CN1CCc2ncc(C=O)cc2C1. The summed E-state index contributed by atoms with van der Waals surface area (Å²) >= 11 is 0. The lowest BCUT2D eigenvalue weighted by Crippen LogP contribution is -2.27. The van der Waals surface area contributed by atoms with E-state index in [1.165, 1.54) is 5.56 Å². The predicted octanol–water partition coefficient (Wildman–Crippen LogP) is 0.882. The van der Waals surface area contributed by atoms with Gasteiger partial charge in [-0.1, -0.05) is 0 Å². The molecule has 0 unspecified atom stereocenters. The molecule has 0 fully saturated rings. The summed E-state index contributed by atoms with van der Waals surface area (Å²) < 4.78 is 0. The summed E-state index contributed by atoms with van der Waals surface area (Å²) in [6.07, 6.45) is 3.49. The van der Waals surface area contributed by atoms with Crippen LogP contribution in [0.2, 0.25) is 0 Å². The van der Waals surface area contributed by atoms with Crippen molar-refractivity contribution < 1.29 is 4.79 Å². The maximum atomic E-state index is 10.5. The summed E-state index contributed by atoms with van der Waals surface area (Å²) in [4.78, 5) is 17.0. The molecule has 0 saturated heterocycles. The van der Waals surface area contributed by atoms with Gasteiger partial charge in [-0.2, -0.15) is 0 Å². The lowest BCUT2D eigenvalue weighted by molar-refractivity contribution is 0.112. The molecule has 0 amide bonds. The summed E-state index contributed by atoms with van der Waals surface area (Å²) in [6.45, 7) is 1.96. The minimum absolute atomic E-state index is 0.675. The molecule has 1 aliphatic heterocycles. The zero-order valence-electron chi connectivity index (χ0n) is 7.66. The highest BCUT2D eigenvalue weighted by molar-refractivity contribution is 5.74. The van der Waals surface area contributed by atoms with Crippen LogP contribution in [0, 0.1) is 0 Å². The van der Waals surface area contributed by atoms with Crippen molar-refractivity contribution in [2.75, 3.05) is 13.6 Å². The molecule has 0 saturated carbocycles. The Labute approximate surface area is 77.4 Å². The smallest absolute Gasteiger partial charge is 0.151 e. The van der Waals surface area contributed by atoms with Gasteiger partial charge in [-0.15, -0.1) is 0 Å². The van der Waals surface area contributed by atoms with Gasteiger partial charge in [0.15, 0.2) is 6.29 Å². The molecule has 13 heavy (non-hydrogen) atoms. The molecule has 0 spiro atoms. The van der Waals surface area contributed by atoms with Crippen LogP contribution in [0.1, 0.15) is 21.6 Å². The summed E-state index contributed by atoms with van der Waals surface area (Å²) in [5.74, 6) is 0. The van der Waals surface area contributed by atoms with Crippen LogP contribution in [-0.2, 0) is 13.0 Å². The van der Waals surface area contributed by atoms with Gasteiger partial charge in [0.2, 0.25) is 0 Å². The van der Waals surface area contributed by atoms with E-state index >= 15 is 0 Å². The standard InChI is InChI=1S/C10H12N2O/c1-12-3-2-10-9(6-12)4-8(7-13)5-11-10/h4-5,7H,2-3,6H2,1H3. The quantitative estimate of drug-likeness (QED) is 0.595. The molecule has 1 aliphatic rings. The van der Waals surface area contributed by atoms with Crippen molar-refractivity contribution in [2.45, 2.75) is 13.0 Å². The number of rotatable bonds is 1. The first-order valence-corrected chi connectivity index (χ1v) is 4.41. The molecule has 1 aromatic heterocycles. The molecule has 0 N–H and O–H groups in total. The average molecular weight is 176 g/mol. The zero-order chi connectivity index (χ0) is 9.26. The van der Waals surface area contributed by atoms with Crippen LogP contribution in [0.5, 0.6) is 0 Å².